The maximum Gasteiger partial charge on any atom is 0.0631 e. The third kappa shape index (κ3) is 4.07. The zero-order valence-electron chi connectivity index (χ0n) is 16.9. The van der Waals surface area contributed by atoms with Crippen LogP contribution in [-0.2, 0) is 0 Å². The molecule has 2 aliphatic rings. The number of hydrogen-bond acceptors (Lipinski definition) is 4. The van der Waals surface area contributed by atoms with Crippen LogP contribution in [0, 0.1) is 5.92 Å². The van der Waals surface area contributed by atoms with Gasteiger partial charge >= 0.3 is 0 Å². The van der Waals surface area contributed by atoms with Gasteiger partial charge in [-0.2, -0.15) is 0 Å². The Labute approximate surface area is 182 Å². The number of para-hydroxylation sites is 2. The largest absolute Gasteiger partial charge is 0.392 e. The Morgan fingerprint density at radius 2 is 1.76 bits per heavy atom. The van der Waals surface area contributed by atoms with Gasteiger partial charge in [0, 0.05) is 32.8 Å². The molecule has 1 aliphatic carbocycles. The van der Waals surface area contributed by atoms with Gasteiger partial charge in [0.15, 0.2) is 0 Å². The van der Waals surface area contributed by atoms with Crippen LogP contribution in [0.25, 0.3) is 5.57 Å². The first-order valence-electron chi connectivity index (χ1n) is 10.1. The number of aliphatic hydroxyl groups excluding tert-OH is 1. The van der Waals surface area contributed by atoms with Gasteiger partial charge < -0.3 is 10.0 Å². The Hall–Kier alpha value is -1.88. The standard InChI is InChI=1S/C25H27NOS2/c1-3-19(27)17-29-25(28-2)24-20-13-7-9-15-22(20)26(18-11-5-4-6-12-18)23-16-10-8-14-21(23)24/h4-16,19-20,22,27H,3,17H2,1-2H3/b25-24-. The van der Waals surface area contributed by atoms with Crippen LogP contribution < -0.4 is 4.90 Å². The van der Waals surface area contributed by atoms with Crippen LogP contribution >= 0.6 is 23.5 Å². The summed E-state index contributed by atoms with van der Waals surface area (Å²) in [6, 6.07) is 19.6. The second-order valence-corrected chi connectivity index (χ2v) is 9.39. The van der Waals surface area contributed by atoms with Crippen molar-refractivity contribution in [1.82, 2.24) is 0 Å². The minimum atomic E-state index is -0.264. The molecule has 0 saturated heterocycles. The van der Waals surface area contributed by atoms with E-state index in [0.29, 0.717) is 0 Å². The zero-order valence-corrected chi connectivity index (χ0v) is 18.5. The minimum Gasteiger partial charge on any atom is -0.392 e. The summed E-state index contributed by atoms with van der Waals surface area (Å²) in [5.74, 6) is 1.02. The van der Waals surface area contributed by atoms with Crippen molar-refractivity contribution >= 4 is 40.5 Å². The summed E-state index contributed by atoms with van der Waals surface area (Å²) in [5.41, 5.74) is 5.14. The molecule has 0 fully saturated rings. The Bertz CT molecular complexity index is 935. The number of thioether (sulfide) groups is 2. The molecule has 2 nitrogen and oxygen atoms in total. The second kappa shape index (κ2) is 9.29. The van der Waals surface area contributed by atoms with E-state index in [1.165, 1.54) is 26.7 Å². The monoisotopic (exact) mass is 421 g/mol. The van der Waals surface area contributed by atoms with E-state index in [0.717, 1.165) is 12.2 Å². The van der Waals surface area contributed by atoms with Gasteiger partial charge in [-0.15, -0.1) is 23.5 Å². The molecule has 150 valence electrons. The molecule has 2 aromatic rings. The van der Waals surface area contributed by atoms with Crippen molar-refractivity contribution in [2.45, 2.75) is 25.5 Å². The van der Waals surface area contributed by atoms with Crippen LogP contribution in [0.3, 0.4) is 0 Å². The summed E-state index contributed by atoms with van der Waals surface area (Å²) < 4.78 is 1.31. The fourth-order valence-electron chi connectivity index (χ4n) is 4.04. The average Bonchev–Trinajstić information content (AvgIpc) is 2.79. The zero-order chi connectivity index (χ0) is 20.2. The Morgan fingerprint density at radius 3 is 2.52 bits per heavy atom. The first-order valence-corrected chi connectivity index (χ1v) is 12.3. The number of rotatable bonds is 6. The third-order valence-corrected chi connectivity index (χ3v) is 7.99. The van der Waals surface area contributed by atoms with Gasteiger partial charge in [0.2, 0.25) is 0 Å². The summed E-state index contributed by atoms with van der Waals surface area (Å²) in [6.45, 7) is 2.04. The number of hydrogen-bond donors (Lipinski definition) is 1. The highest BCUT2D eigenvalue weighted by atomic mass is 32.2. The van der Waals surface area contributed by atoms with Gasteiger partial charge in [-0.1, -0.05) is 67.6 Å². The minimum absolute atomic E-state index is 0.242. The van der Waals surface area contributed by atoms with E-state index in [4.69, 9.17) is 0 Å². The first-order chi connectivity index (χ1) is 14.2. The van der Waals surface area contributed by atoms with Gasteiger partial charge in [-0.05, 0) is 36.4 Å². The lowest BCUT2D eigenvalue weighted by Gasteiger charge is -2.44. The average molecular weight is 422 g/mol. The number of allylic oxidation sites excluding steroid dienone is 2. The van der Waals surface area contributed by atoms with Gasteiger partial charge in [0.1, 0.15) is 0 Å². The predicted octanol–water partition coefficient (Wildman–Crippen LogP) is 6.48. The quantitative estimate of drug-likeness (QED) is 0.576. The molecule has 1 N–H and O–H groups in total. The number of fused-ring (bicyclic) bond motifs is 2. The van der Waals surface area contributed by atoms with E-state index in [1.54, 1.807) is 23.5 Å². The molecule has 3 atom stereocenters. The molecule has 29 heavy (non-hydrogen) atoms. The third-order valence-electron chi connectivity index (χ3n) is 5.51. The van der Waals surface area contributed by atoms with Gasteiger partial charge in [-0.3, -0.25) is 0 Å². The highest BCUT2D eigenvalue weighted by Crippen LogP contribution is 2.51. The van der Waals surface area contributed by atoms with Gasteiger partial charge in [0.05, 0.1) is 12.1 Å². The van der Waals surface area contributed by atoms with E-state index in [9.17, 15) is 5.11 Å². The molecule has 3 unspecified atom stereocenters. The maximum absolute atomic E-state index is 10.1. The Morgan fingerprint density at radius 1 is 1.03 bits per heavy atom. The topological polar surface area (TPSA) is 23.5 Å². The normalized spacial score (nSPS) is 22.8. The second-order valence-electron chi connectivity index (χ2n) is 7.29. The molecule has 2 aromatic carbocycles. The van der Waals surface area contributed by atoms with E-state index in [2.05, 4.69) is 90.1 Å². The highest BCUT2D eigenvalue weighted by molar-refractivity contribution is 8.22. The number of aliphatic hydroxyl groups is 1. The van der Waals surface area contributed by atoms with Gasteiger partial charge in [0.25, 0.3) is 0 Å². The number of benzene rings is 2. The van der Waals surface area contributed by atoms with Crippen molar-refractivity contribution in [1.29, 1.82) is 0 Å². The van der Waals surface area contributed by atoms with Crippen LogP contribution in [0.1, 0.15) is 18.9 Å². The lowest BCUT2D eigenvalue weighted by atomic mass is 9.79. The van der Waals surface area contributed by atoms with E-state index in [-0.39, 0.29) is 18.1 Å². The lowest BCUT2D eigenvalue weighted by molar-refractivity contribution is 0.195. The van der Waals surface area contributed by atoms with Crippen LogP contribution in [0.5, 0.6) is 0 Å². The molecule has 0 radical (unpaired) electrons. The molecule has 1 aliphatic heterocycles. The van der Waals surface area contributed by atoms with Crippen molar-refractivity contribution < 1.29 is 5.11 Å². The van der Waals surface area contributed by atoms with Crippen molar-refractivity contribution in [3.63, 3.8) is 0 Å². The van der Waals surface area contributed by atoms with Crippen molar-refractivity contribution in [3.05, 3.63) is 88.7 Å². The maximum atomic E-state index is 10.1. The number of anilines is 2. The summed E-state index contributed by atoms with van der Waals surface area (Å²) >= 11 is 3.59. The summed E-state index contributed by atoms with van der Waals surface area (Å²) in [6.07, 6.45) is 11.7. The Kier molecular flexibility index (Phi) is 6.53. The van der Waals surface area contributed by atoms with Crippen molar-refractivity contribution in [2.24, 2.45) is 5.92 Å². The molecular formula is C25H27NOS2. The van der Waals surface area contributed by atoms with Crippen LogP contribution in [-0.4, -0.2) is 29.3 Å². The van der Waals surface area contributed by atoms with Crippen molar-refractivity contribution in [3.8, 4) is 0 Å². The molecule has 1 heterocycles. The molecule has 0 amide bonds. The fraction of sp³-hybridized carbons (Fsp3) is 0.280. The predicted molar refractivity (Wildman–Crippen MR) is 130 cm³/mol. The van der Waals surface area contributed by atoms with Gasteiger partial charge in [-0.25, -0.2) is 0 Å². The smallest absolute Gasteiger partial charge is 0.0631 e. The molecule has 0 spiro atoms. The van der Waals surface area contributed by atoms with Crippen molar-refractivity contribution in [2.75, 3.05) is 16.9 Å². The molecule has 0 bridgehead atoms. The molecule has 0 aromatic heterocycles. The highest BCUT2D eigenvalue weighted by Gasteiger charge is 2.38. The molecule has 0 saturated carbocycles. The summed E-state index contributed by atoms with van der Waals surface area (Å²) in [4.78, 5) is 2.47. The fourth-order valence-corrected chi connectivity index (χ4v) is 6.17. The first kappa shape index (κ1) is 20.4. The van der Waals surface area contributed by atoms with Crippen LogP contribution in [0.2, 0.25) is 0 Å². The Balaban J connectivity index is 1.87. The molecule has 4 heteroatoms. The van der Waals surface area contributed by atoms with E-state index < -0.39 is 0 Å². The number of nitrogens with zero attached hydrogens (tertiary/aromatic N) is 1. The summed E-state index contributed by atoms with van der Waals surface area (Å²) in [7, 11) is 0. The van der Waals surface area contributed by atoms with E-state index >= 15 is 0 Å². The molecular weight excluding hydrogens is 394 g/mol. The van der Waals surface area contributed by atoms with Crippen LogP contribution in [0.4, 0.5) is 11.4 Å². The van der Waals surface area contributed by atoms with E-state index in [1.807, 2.05) is 6.92 Å². The lowest BCUT2D eigenvalue weighted by Crippen LogP contribution is -2.41. The molecule has 4 rings (SSSR count). The SMILES string of the molecule is CCC(O)CS/C(SC)=C1\c2ccccc2N(c2ccccc2)C2C=CC=CC12. The summed E-state index contributed by atoms with van der Waals surface area (Å²) in [5, 5.41) is 10.1. The van der Waals surface area contributed by atoms with Crippen LogP contribution in [0.15, 0.2) is 83.1 Å².